The number of nitrogens with one attached hydrogen (secondary N) is 2. The quantitative estimate of drug-likeness (QED) is 0.606. The van der Waals surface area contributed by atoms with Gasteiger partial charge in [0.15, 0.2) is 0 Å². The number of benzene rings is 1. The highest BCUT2D eigenvalue weighted by Crippen LogP contribution is 2.13. The molecule has 0 aliphatic rings. The minimum Gasteiger partial charge on any atom is -0.460 e. The highest BCUT2D eigenvalue weighted by Gasteiger charge is 2.07. The summed E-state index contributed by atoms with van der Waals surface area (Å²) in [6, 6.07) is 6.56. The van der Waals surface area contributed by atoms with Crippen molar-refractivity contribution in [2.75, 3.05) is 25.6 Å². The molecule has 22 heavy (non-hydrogen) atoms. The van der Waals surface area contributed by atoms with Gasteiger partial charge >= 0.3 is 5.97 Å². The molecule has 0 atom stereocenters. The number of methoxy groups -OCH3 is 1. The molecule has 0 saturated carbocycles. The molecule has 8 heteroatoms. The van der Waals surface area contributed by atoms with Gasteiger partial charge in [0.05, 0.1) is 12.2 Å². The molecule has 0 amide bonds. The van der Waals surface area contributed by atoms with Crippen molar-refractivity contribution >= 4 is 17.6 Å². The third-order valence-corrected chi connectivity index (χ3v) is 2.76. The summed E-state index contributed by atoms with van der Waals surface area (Å²) in [5, 5.41) is 10.4. The van der Waals surface area contributed by atoms with Crippen LogP contribution in [0.3, 0.4) is 0 Å². The SMILES string of the molecule is COCCOC(=O)c1ccc(Nc2nnc(C)c(=O)[nH]2)cc1. The van der Waals surface area contributed by atoms with E-state index in [9.17, 15) is 9.59 Å². The number of hydrogen-bond donors (Lipinski definition) is 2. The zero-order chi connectivity index (χ0) is 15.9. The monoisotopic (exact) mass is 304 g/mol. The molecule has 8 nitrogen and oxygen atoms in total. The number of carbonyl (C=O) groups is 1. The van der Waals surface area contributed by atoms with Crippen LogP contribution in [-0.4, -0.2) is 41.5 Å². The first kappa shape index (κ1) is 15.6. The topological polar surface area (TPSA) is 106 Å². The van der Waals surface area contributed by atoms with Gasteiger partial charge in [-0.3, -0.25) is 9.78 Å². The molecule has 116 valence electrons. The molecule has 1 aromatic carbocycles. The maximum absolute atomic E-state index is 11.7. The molecule has 0 radical (unpaired) electrons. The van der Waals surface area contributed by atoms with Gasteiger partial charge < -0.3 is 14.8 Å². The lowest BCUT2D eigenvalue weighted by atomic mass is 10.2. The van der Waals surface area contributed by atoms with Crippen LogP contribution in [0.15, 0.2) is 29.1 Å². The second-order valence-electron chi connectivity index (χ2n) is 4.42. The highest BCUT2D eigenvalue weighted by atomic mass is 16.6. The van der Waals surface area contributed by atoms with Crippen molar-refractivity contribution in [2.45, 2.75) is 6.92 Å². The maximum atomic E-state index is 11.7. The molecule has 1 heterocycles. The summed E-state index contributed by atoms with van der Waals surface area (Å²) in [6.07, 6.45) is 0. The smallest absolute Gasteiger partial charge is 0.338 e. The number of anilines is 2. The van der Waals surface area contributed by atoms with E-state index in [0.717, 1.165) is 0 Å². The summed E-state index contributed by atoms with van der Waals surface area (Å²) in [5.74, 6) is -0.196. The molecule has 0 fully saturated rings. The Bertz CT molecular complexity index is 697. The number of esters is 1. The summed E-state index contributed by atoms with van der Waals surface area (Å²) in [6.45, 7) is 2.12. The van der Waals surface area contributed by atoms with Crippen LogP contribution in [0.2, 0.25) is 0 Å². The number of aromatic amines is 1. The summed E-state index contributed by atoms with van der Waals surface area (Å²) in [7, 11) is 1.53. The fourth-order valence-electron chi connectivity index (χ4n) is 1.58. The highest BCUT2D eigenvalue weighted by molar-refractivity contribution is 5.89. The second kappa shape index (κ2) is 7.32. The van der Waals surface area contributed by atoms with E-state index in [-0.39, 0.29) is 18.1 Å². The van der Waals surface area contributed by atoms with Gasteiger partial charge in [0.25, 0.3) is 5.56 Å². The Labute approximate surface area is 126 Å². The second-order valence-corrected chi connectivity index (χ2v) is 4.42. The Hall–Kier alpha value is -2.74. The number of rotatable bonds is 6. The van der Waals surface area contributed by atoms with Crippen molar-refractivity contribution in [1.82, 2.24) is 15.2 Å². The number of aryl methyl sites for hydroxylation is 1. The average Bonchev–Trinajstić information content (AvgIpc) is 2.52. The van der Waals surface area contributed by atoms with E-state index in [1.165, 1.54) is 7.11 Å². The van der Waals surface area contributed by atoms with Crippen molar-refractivity contribution in [1.29, 1.82) is 0 Å². The minimum atomic E-state index is -0.424. The standard InChI is InChI=1S/C14H16N4O4/c1-9-12(19)16-14(18-17-9)15-11-5-3-10(4-6-11)13(20)22-8-7-21-2/h3-6H,7-8H2,1-2H3,(H2,15,16,18,19). The van der Waals surface area contributed by atoms with Crippen molar-refractivity contribution in [2.24, 2.45) is 0 Å². The summed E-state index contributed by atoms with van der Waals surface area (Å²) < 4.78 is 9.80. The van der Waals surface area contributed by atoms with Crippen LogP contribution in [0.4, 0.5) is 11.6 Å². The van der Waals surface area contributed by atoms with Crippen LogP contribution in [0.25, 0.3) is 0 Å². The predicted octanol–water partition coefficient (Wildman–Crippen LogP) is 1.02. The van der Waals surface area contributed by atoms with Gasteiger partial charge in [-0.15, -0.1) is 10.2 Å². The van der Waals surface area contributed by atoms with Crippen LogP contribution >= 0.6 is 0 Å². The molecular weight excluding hydrogens is 288 g/mol. The molecule has 2 rings (SSSR count). The summed E-state index contributed by atoms with van der Waals surface area (Å²) in [4.78, 5) is 25.7. The number of H-pyrrole nitrogens is 1. The fourth-order valence-corrected chi connectivity index (χ4v) is 1.58. The lowest BCUT2D eigenvalue weighted by Crippen LogP contribution is -2.15. The summed E-state index contributed by atoms with van der Waals surface area (Å²) >= 11 is 0. The first-order chi connectivity index (χ1) is 10.6. The Morgan fingerprint density at radius 3 is 2.59 bits per heavy atom. The van der Waals surface area contributed by atoms with Gasteiger partial charge in [-0.05, 0) is 31.2 Å². The van der Waals surface area contributed by atoms with Crippen molar-refractivity contribution in [3.63, 3.8) is 0 Å². The summed E-state index contributed by atoms with van der Waals surface area (Å²) in [5.41, 5.74) is 1.06. The van der Waals surface area contributed by atoms with E-state index in [0.29, 0.717) is 23.6 Å². The lowest BCUT2D eigenvalue weighted by molar-refractivity contribution is 0.0388. The van der Waals surface area contributed by atoms with Gasteiger partial charge in [0.1, 0.15) is 12.3 Å². The number of nitrogens with zero attached hydrogens (tertiary/aromatic N) is 2. The molecule has 0 bridgehead atoms. The van der Waals surface area contributed by atoms with Gasteiger partial charge in [0, 0.05) is 12.8 Å². The van der Waals surface area contributed by atoms with Gasteiger partial charge in [0.2, 0.25) is 5.95 Å². The molecule has 0 spiro atoms. The largest absolute Gasteiger partial charge is 0.460 e. The van der Waals surface area contributed by atoms with Crippen molar-refractivity contribution in [3.8, 4) is 0 Å². The Balaban J connectivity index is 2.00. The van der Waals surface area contributed by atoms with Crippen molar-refractivity contribution < 1.29 is 14.3 Å². The molecule has 0 aliphatic carbocycles. The Morgan fingerprint density at radius 2 is 1.95 bits per heavy atom. The average molecular weight is 304 g/mol. The fraction of sp³-hybridized carbons (Fsp3) is 0.286. The van der Waals surface area contributed by atoms with Gasteiger partial charge in [-0.2, -0.15) is 0 Å². The molecule has 0 unspecified atom stereocenters. The van der Waals surface area contributed by atoms with E-state index in [2.05, 4.69) is 20.5 Å². The Morgan fingerprint density at radius 1 is 1.23 bits per heavy atom. The third kappa shape index (κ3) is 4.13. The number of aromatic nitrogens is 3. The van der Waals surface area contributed by atoms with Crippen LogP contribution in [0.1, 0.15) is 16.1 Å². The zero-order valence-electron chi connectivity index (χ0n) is 12.3. The van der Waals surface area contributed by atoms with E-state index < -0.39 is 5.97 Å². The first-order valence-electron chi connectivity index (χ1n) is 6.57. The molecular formula is C14H16N4O4. The Kier molecular flexibility index (Phi) is 5.21. The van der Waals surface area contributed by atoms with Crippen LogP contribution in [0.5, 0.6) is 0 Å². The lowest BCUT2D eigenvalue weighted by Gasteiger charge is -2.07. The first-order valence-corrected chi connectivity index (χ1v) is 6.57. The van der Waals surface area contributed by atoms with Crippen molar-refractivity contribution in [3.05, 3.63) is 45.9 Å². The molecule has 0 aliphatic heterocycles. The molecule has 0 saturated heterocycles. The third-order valence-electron chi connectivity index (χ3n) is 2.76. The zero-order valence-corrected chi connectivity index (χ0v) is 12.3. The molecule has 1 aromatic heterocycles. The normalized spacial score (nSPS) is 10.3. The predicted molar refractivity (Wildman–Crippen MR) is 79.3 cm³/mol. The minimum absolute atomic E-state index is 0.204. The van der Waals surface area contributed by atoms with E-state index in [4.69, 9.17) is 9.47 Å². The van der Waals surface area contributed by atoms with Crippen LogP contribution < -0.4 is 10.9 Å². The molecule has 2 aromatic rings. The van der Waals surface area contributed by atoms with E-state index in [1.54, 1.807) is 31.2 Å². The van der Waals surface area contributed by atoms with Gasteiger partial charge in [-0.25, -0.2) is 4.79 Å². The van der Waals surface area contributed by atoms with Crippen LogP contribution in [0, 0.1) is 6.92 Å². The van der Waals surface area contributed by atoms with E-state index in [1.807, 2.05) is 0 Å². The number of ether oxygens (including phenoxy) is 2. The van der Waals surface area contributed by atoms with E-state index >= 15 is 0 Å². The number of hydrogen-bond acceptors (Lipinski definition) is 7. The maximum Gasteiger partial charge on any atom is 0.338 e. The number of carbonyl (C=O) groups excluding carboxylic acids is 1. The van der Waals surface area contributed by atoms with Gasteiger partial charge in [-0.1, -0.05) is 0 Å². The molecule has 2 N–H and O–H groups in total. The van der Waals surface area contributed by atoms with Crippen LogP contribution in [-0.2, 0) is 9.47 Å².